The van der Waals surface area contributed by atoms with Crippen LogP contribution in [-0.4, -0.2) is 68.0 Å². The summed E-state index contributed by atoms with van der Waals surface area (Å²) in [4.78, 5) is 4.78. The number of nitrogens with zero attached hydrogens (tertiary/aromatic N) is 2. The molecular weight excluding hydrogens is 370 g/mol. The molecule has 2 rings (SSSR count). The van der Waals surface area contributed by atoms with E-state index in [1.807, 2.05) is 12.1 Å². The molecule has 28 heavy (non-hydrogen) atoms. The van der Waals surface area contributed by atoms with E-state index in [1.165, 1.54) is 31.2 Å². The lowest BCUT2D eigenvalue weighted by Crippen LogP contribution is -2.42. The maximum atomic E-state index is 5.73. The highest BCUT2D eigenvalue weighted by Gasteiger charge is 2.13. The summed E-state index contributed by atoms with van der Waals surface area (Å²) in [5.74, 6) is 0.893. The molecule has 5 nitrogen and oxygen atoms in total. The van der Waals surface area contributed by atoms with Crippen molar-refractivity contribution in [2.24, 2.45) is 0 Å². The van der Waals surface area contributed by atoms with E-state index in [4.69, 9.17) is 21.7 Å². The Labute approximate surface area is 176 Å². The summed E-state index contributed by atoms with van der Waals surface area (Å²) >= 11 is 5.73. The summed E-state index contributed by atoms with van der Waals surface area (Å²) < 4.78 is 10.8. The van der Waals surface area contributed by atoms with Crippen molar-refractivity contribution in [1.82, 2.24) is 15.1 Å². The fraction of sp³-hybridized carbons (Fsp3) is 0.682. The topological polar surface area (TPSA) is 37.0 Å². The third kappa shape index (κ3) is 8.76. The number of thiocarbonyl (C=S) groups is 1. The summed E-state index contributed by atoms with van der Waals surface area (Å²) in [7, 11) is 1.71. The minimum atomic E-state index is 0.807. The molecule has 0 aromatic heterocycles. The second-order valence-electron chi connectivity index (χ2n) is 7.37. The number of nitrogens with one attached hydrogen (secondary N) is 1. The Bertz CT molecular complexity index is 564. The van der Waals surface area contributed by atoms with Gasteiger partial charge in [0.1, 0.15) is 5.75 Å². The van der Waals surface area contributed by atoms with Crippen LogP contribution in [0, 0.1) is 0 Å². The molecule has 0 radical (unpaired) electrons. The average molecular weight is 408 g/mol. The van der Waals surface area contributed by atoms with Crippen molar-refractivity contribution in [3.8, 4) is 5.75 Å². The van der Waals surface area contributed by atoms with Gasteiger partial charge in [0.2, 0.25) is 0 Å². The first-order chi connectivity index (χ1) is 13.7. The maximum Gasteiger partial charge on any atom is 0.169 e. The fourth-order valence-corrected chi connectivity index (χ4v) is 3.67. The van der Waals surface area contributed by atoms with Crippen molar-refractivity contribution in [2.75, 3.05) is 53.0 Å². The molecule has 1 aliphatic heterocycles. The molecule has 1 aliphatic rings. The standard InChI is InChI=1S/C22H37N3O2S/c1-3-4-5-6-11-23-22(28)25(13-8-12-24-14-16-27-17-15-24)19-20-9-7-10-21(18-20)26-2/h7,9-10,18H,3-6,8,11-17,19H2,1-2H3,(H,23,28). The molecule has 0 amide bonds. The van der Waals surface area contributed by atoms with Crippen molar-refractivity contribution in [2.45, 2.75) is 45.6 Å². The molecular formula is C22H37N3O2S. The Balaban J connectivity index is 1.86. The van der Waals surface area contributed by atoms with Gasteiger partial charge in [-0.05, 0) is 42.8 Å². The number of rotatable bonds is 12. The van der Waals surface area contributed by atoms with Gasteiger partial charge in [0, 0.05) is 39.3 Å². The monoisotopic (exact) mass is 407 g/mol. The van der Waals surface area contributed by atoms with E-state index in [-0.39, 0.29) is 0 Å². The summed E-state index contributed by atoms with van der Waals surface area (Å²) in [6.45, 7) is 9.83. The maximum absolute atomic E-state index is 5.73. The minimum Gasteiger partial charge on any atom is -0.497 e. The zero-order valence-corrected chi connectivity index (χ0v) is 18.4. The summed E-state index contributed by atoms with van der Waals surface area (Å²) in [6, 6.07) is 8.26. The zero-order chi connectivity index (χ0) is 20.0. The molecule has 0 unspecified atom stereocenters. The van der Waals surface area contributed by atoms with Gasteiger partial charge in [0.15, 0.2) is 5.11 Å². The highest BCUT2D eigenvalue weighted by Crippen LogP contribution is 2.15. The van der Waals surface area contributed by atoms with Crippen LogP contribution >= 0.6 is 12.2 Å². The number of hydrogen-bond donors (Lipinski definition) is 1. The molecule has 1 aromatic rings. The van der Waals surface area contributed by atoms with Crippen molar-refractivity contribution >= 4 is 17.3 Å². The van der Waals surface area contributed by atoms with Gasteiger partial charge in [-0.15, -0.1) is 0 Å². The van der Waals surface area contributed by atoms with Crippen LogP contribution in [-0.2, 0) is 11.3 Å². The first-order valence-electron chi connectivity index (χ1n) is 10.7. The summed E-state index contributed by atoms with van der Waals surface area (Å²) in [5.41, 5.74) is 1.22. The third-order valence-electron chi connectivity index (χ3n) is 5.11. The highest BCUT2D eigenvalue weighted by molar-refractivity contribution is 7.80. The lowest BCUT2D eigenvalue weighted by molar-refractivity contribution is 0.0367. The number of hydrogen-bond acceptors (Lipinski definition) is 4. The Morgan fingerprint density at radius 1 is 1.21 bits per heavy atom. The Morgan fingerprint density at radius 3 is 2.79 bits per heavy atom. The molecule has 0 saturated carbocycles. The molecule has 6 heteroatoms. The molecule has 1 heterocycles. The van der Waals surface area contributed by atoms with Gasteiger partial charge in [0.25, 0.3) is 0 Å². The second-order valence-corrected chi connectivity index (χ2v) is 7.76. The quantitative estimate of drug-likeness (QED) is 0.421. The van der Waals surface area contributed by atoms with Crippen LogP contribution in [0.5, 0.6) is 5.75 Å². The molecule has 1 saturated heterocycles. The van der Waals surface area contributed by atoms with Crippen LogP contribution in [0.3, 0.4) is 0 Å². The molecule has 1 fully saturated rings. The molecule has 0 atom stereocenters. The summed E-state index contributed by atoms with van der Waals surface area (Å²) in [5, 5.41) is 4.33. The van der Waals surface area contributed by atoms with E-state index in [0.717, 1.165) is 69.8 Å². The number of morpholine rings is 1. The van der Waals surface area contributed by atoms with Crippen LogP contribution in [0.2, 0.25) is 0 Å². The van der Waals surface area contributed by atoms with Crippen molar-refractivity contribution in [1.29, 1.82) is 0 Å². The first-order valence-corrected chi connectivity index (χ1v) is 11.1. The molecule has 0 bridgehead atoms. The SMILES string of the molecule is CCCCCCNC(=S)N(CCCN1CCOCC1)Cc1cccc(OC)c1. The van der Waals surface area contributed by atoms with Gasteiger partial charge in [-0.3, -0.25) is 4.90 Å². The lowest BCUT2D eigenvalue weighted by atomic mass is 10.2. The molecule has 0 spiro atoms. The van der Waals surface area contributed by atoms with Gasteiger partial charge in [0.05, 0.1) is 20.3 Å². The Morgan fingerprint density at radius 2 is 2.04 bits per heavy atom. The van der Waals surface area contributed by atoms with Crippen LogP contribution in [0.1, 0.15) is 44.6 Å². The van der Waals surface area contributed by atoms with Gasteiger partial charge in [-0.2, -0.15) is 0 Å². The fourth-order valence-electron chi connectivity index (χ4n) is 3.41. The smallest absolute Gasteiger partial charge is 0.169 e. The van der Waals surface area contributed by atoms with Gasteiger partial charge in [-0.1, -0.05) is 38.3 Å². The van der Waals surface area contributed by atoms with E-state index in [0.29, 0.717) is 0 Å². The number of unbranched alkanes of at least 4 members (excludes halogenated alkanes) is 3. The van der Waals surface area contributed by atoms with Crippen LogP contribution in [0.25, 0.3) is 0 Å². The minimum absolute atomic E-state index is 0.807. The van der Waals surface area contributed by atoms with E-state index in [2.05, 4.69) is 34.2 Å². The van der Waals surface area contributed by atoms with Crippen LogP contribution in [0.4, 0.5) is 0 Å². The van der Waals surface area contributed by atoms with Gasteiger partial charge < -0.3 is 19.7 Å². The third-order valence-corrected chi connectivity index (χ3v) is 5.51. The normalized spacial score (nSPS) is 14.6. The Hall–Kier alpha value is -1.37. The molecule has 1 aromatic carbocycles. The predicted octanol–water partition coefficient (Wildman–Crippen LogP) is 3.67. The number of methoxy groups -OCH3 is 1. The number of ether oxygens (including phenoxy) is 2. The van der Waals surface area contributed by atoms with Crippen molar-refractivity contribution in [3.63, 3.8) is 0 Å². The van der Waals surface area contributed by atoms with Crippen molar-refractivity contribution < 1.29 is 9.47 Å². The summed E-state index contributed by atoms with van der Waals surface area (Å²) in [6.07, 6.45) is 6.09. The zero-order valence-electron chi connectivity index (χ0n) is 17.6. The van der Waals surface area contributed by atoms with Crippen LogP contribution in [0.15, 0.2) is 24.3 Å². The predicted molar refractivity (Wildman–Crippen MR) is 120 cm³/mol. The first kappa shape index (κ1) is 22.9. The molecule has 1 N–H and O–H groups in total. The van der Waals surface area contributed by atoms with Crippen LogP contribution < -0.4 is 10.1 Å². The molecule has 0 aliphatic carbocycles. The van der Waals surface area contributed by atoms with Crippen molar-refractivity contribution in [3.05, 3.63) is 29.8 Å². The lowest BCUT2D eigenvalue weighted by Gasteiger charge is -2.29. The number of benzene rings is 1. The van der Waals surface area contributed by atoms with E-state index >= 15 is 0 Å². The average Bonchev–Trinajstić information content (AvgIpc) is 2.73. The Kier molecular flexibility index (Phi) is 11.3. The second kappa shape index (κ2) is 13.7. The highest BCUT2D eigenvalue weighted by atomic mass is 32.1. The largest absolute Gasteiger partial charge is 0.497 e. The molecule has 158 valence electrons. The van der Waals surface area contributed by atoms with E-state index < -0.39 is 0 Å². The van der Waals surface area contributed by atoms with E-state index in [1.54, 1.807) is 7.11 Å². The van der Waals surface area contributed by atoms with E-state index in [9.17, 15) is 0 Å². The van der Waals surface area contributed by atoms with Gasteiger partial charge >= 0.3 is 0 Å². The van der Waals surface area contributed by atoms with Gasteiger partial charge in [-0.25, -0.2) is 0 Å².